The minimum Gasteiger partial charge on any atom is -0.342 e. The molecule has 3 heteroatoms. The number of nitrogens with two attached hydrogens (primary N) is 1. The third kappa shape index (κ3) is 1.71. The Morgan fingerprint density at radius 1 is 1.25 bits per heavy atom. The molecule has 0 aliphatic heterocycles. The van der Waals surface area contributed by atoms with Gasteiger partial charge in [0, 0.05) is 12.0 Å². The highest BCUT2D eigenvalue weighted by Gasteiger charge is 2.30. The largest absolute Gasteiger partial charge is 0.342 e. The van der Waals surface area contributed by atoms with Gasteiger partial charge in [-0.25, -0.2) is 4.98 Å². The molecule has 0 unspecified atom stereocenters. The fourth-order valence-electron chi connectivity index (χ4n) is 2.68. The van der Waals surface area contributed by atoms with Crippen molar-refractivity contribution in [2.75, 3.05) is 0 Å². The van der Waals surface area contributed by atoms with Crippen molar-refractivity contribution in [2.45, 2.75) is 37.6 Å². The molecule has 1 aliphatic rings. The van der Waals surface area contributed by atoms with E-state index in [1.54, 1.807) is 0 Å². The van der Waals surface area contributed by atoms with E-state index in [1.807, 2.05) is 18.2 Å². The molecule has 0 amide bonds. The molecule has 1 aromatic heterocycles. The molecule has 1 aromatic carbocycles. The second-order valence-corrected chi connectivity index (χ2v) is 4.95. The van der Waals surface area contributed by atoms with Crippen LogP contribution in [0.25, 0.3) is 11.0 Å². The average Bonchev–Trinajstić information content (AvgIpc) is 2.84. The molecule has 1 heterocycles. The van der Waals surface area contributed by atoms with Crippen LogP contribution in [0.2, 0.25) is 0 Å². The predicted molar refractivity (Wildman–Crippen MR) is 65.2 cm³/mol. The summed E-state index contributed by atoms with van der Waals surface area (Å²) in [4.78, 5) is 7.94. The van der Waals surface area contributed by atoms with Gasteiger partial charge in [-0.1, -0.05) is 25.0 Å². The summed E-state index contributed by atoms with van der Waals surface area (Å²) in [7, 11) is 0. The van der Waals surface area contributed by atoms with Crippen LogP contribution in [0.3, 0.4) is 0 Å². The van der Waals surface area contributed by atoms with Crippen molar-refractivity contribution in [3.8, 4) is 0 Å². The molecule has 1 fully saturated rings. The molecule has 0 bridgehead atoms. The smallest absolute Gasteiger partial charge is 0.109 e. The second kappa shape index (κ2) is 3.59. The molecule has 1 saturated carbocycles. The summed E-state index contributed by atoms with van der Waals surface area (Å²) >= 11 is 0. The van der Waals surface area contributed by atoms with Crippen molar-refractivity contribution < 1.29 is 0 Å². The van der Waals surface area contributed by atoms with Gasteiger partial charge in [0.05, 0.1) is 11.0 Å². The van der Waals surface area contributed by atoms with Gasteiger partial charge >= 0.3 is 0 Å². The maximum atomic E-state index is 6.35. The van der Waals surface area contributed by atoms with E-state index in [4.69, 9.17) is 5.73 Å². The number of aromatic nitrogens is 2. The summed E-state index contributed by atoms with van der Waals surface area (Å²) in [6.45, 7) is 0. The van der Waals surface area contributed by atoms with Crippen molar-refractivity contribution >= 4 is 11.0 Å². The first-order chi connectivity index (χ1) is 7.75. The minimum absolute atomic E-state index is 0.0200. The summed E-state index contributed by atoms with van der Waals surface area (Å²) in [5, 5.41) is 0. The Kier molecular flexibility index (Phi) is 2.21. The van der Waals surface area contributed by atoms with Crippen molar-refractivity contribution in [1.29, 1.82) is 0 Å². The molecule has 3 nitrogen and oxygen atoms in total. The lowest BCUT2D eigenvalue weighted by molar-refractivity contribution is 0.428. The number of H-pyrrole nitrogens is 1. The number of aromatic amines is 1. The van der Waals surface area contributed by atoms with Crippen LogP contribution in [0.1, 0.15) is 31.5 Å². The standard InChI is InChI=1S/C13H17N3/c14-13(7-3-4-8-13)9-12-15-10-5-1-2-6-11(10)16-12/h1-2,5-6H,3-4,7-9,14H2,(H,15,16). The van der Waals surface area contributed by atoms with Crippen molar-refractivity contribution in [3.05, 3.63) is 30.1 Å². The van der Waals surface area contributed by atoms with Crippen molar-refractivity contribution in [1.82, 2.24) is 9.97 Å². The second-order valence-electron chi connectivity index (χ2n) is 4.95. The zero-order valence-electron chi connectivity index (χ0n) is 9.37. The fourth-order valence-corrected chi connectivity index (χ4v) is 2.68. The molecule has 0 radical (unpaired) electrons. The number of rotatable bonds is 2. The van der Waals surface area contributed by atoms with Gasteiger partial charge in [-0.05, 0) is 25.0 Å². The Hall–Kier alpha value is -1.35. The lowest BCUT2D eigenvalue weighted by atomic mass is 9.94. The highest BCUT2D eigenvalue weighted by Crippen LogP contribution is 2.30. The first-order valence-corrected chi connectivity index (χ1v) is 5.98. The minimum atomic E-state index is -0.0200. The highest BCUT2D eigenvalue weighted by atomic mass is 14.9. The first kappa shape index (κ1) is 9.85. The van der Waals surface area contributed by atoms with E-state index in [9.17, 15) is 0 Å². The van der Waals surface area contributed by atoms with E-state index in [0.29, 0.717) is 0 Å². The molecule has 3 N–H and O–H groups in total. The van der Waals surface area contributed by atoms with Gasteiger partial charge < -0.3 is 10.7 Å². The van der Waals surface area contributed by atoms with Gasteiger partial charge in [-0.15, -0.1) is 0 Å². The Morgan fingerprint density at radius 3 is 2.75 bits per heavy atom. The summed E-state index contributed by atoms with van der Waals surface area (Å²) < 4.78 is 0. The normalized spacial score (nSPS) is 19.3. The van der Waals surface area contributed by atoms with Gasteiger partial charge in [0.25, 0.3) is 0 Å². The van der Waals surface area contributed by atoms with Crippen LogP contribution in [0.5, 0.6) is 0 Å². The van der Waals surface area contributed by atoms with Crippen molar-refractivity contribution in [3.63, 3.8) is 0 Å². The Bertz CT molecular complexity index is 462. The van der Waals surface area contributed by atoms with E-state index < -0.39 is 0 Å². The van der Waals surface area contributed by atoms with Crippen LogP contribution < -0.4 is 5.73 Å². The van der Waals surface area contributed by atoms with Crippen LogP contribution in [0, 0.1) is 0 Å². The van der Waals surface area contributed by atoms with Gasteiger partial charge in [-0.3, -0.25) is 0 Å². The Balaban J connectivity index is 1.89. The third-order valence-electron chi connectivity index (χ3n) is 3.56. The first-order valence-electron chi connectivity index (χ1n) is 5.98. The number of benzene rings is 1. The summed E-state index contributed by atoms with van der Waals surface area (Å²) in [5.74, 6) is 1.03. The number of hydrogen-bond donors (Lipinski definition) is 2. The maximum Gasteiger partial charge on any atom is 0.109 e. The SMILES string of the molecule is NC1(Cc2nc3ccccc3[nH]2)CCCC1. The highest BCUT2D eigenvalue weighted by molar-refractivity contribution is 5.74. The van der Waals surface area contributed by atoms with Gasteiger partial charge in [0.1, 0.15) is 5.82 Å². The molecular formula is C13H17N3. The lowest BCUT2D eigenvalue weighted by Gasteiger charge is -2.21. The van der Waals surface area contributed by atoms with Crippen LogP contribution in [-0.2, 0) is 6.42 Å². The molecule has 0 atom stereocenters. The quantitative estimate of drug-likeness (QED) is 0.808. The summed E-state index contributed by atoms with van der Waals surface area (Å²) in [6.07, 6.45) is 5.66. The van der Waals surface area contributed by atoms with Gasteiger partial charge in [-0.2, -0.15) is 0 Å². The molecule has 0 saturated heterocycles. The molecule has 2 aromatic rings. The third-order valence-corrected chi connectivity index (χ3v) is 3.56. The summed E-state index contributed by atoms with van der Waals surface area (Å²) in [5.41, 5.74) is 8.48. The van der Waals surface area contributed by atoms with E-state index in [2.05, 4.69) is 16.0 Å². The van der Waals surface area contributed by atoms with Crippen LogP contribution in [0.15, 0.2) is 24.3 Å². The Morgan fingerprint density at radius 2 is 2.00 bits per heavy atom. The monoisotopic (exact) mass is 215 g/mol. The number of nitrogens with zero attached hydrogens (tertiary/aromatic N) is 1. The molecule has 16 heavy (non-hydrogen) atoms. The molecule has 3 rings (SSSR count). The zero-order chi connectivity index (χ0) is 11.0. The number of nitrogens with one attached hydrogen (secondary N) is 1. The van der Waals surface area contributed by atoms with Crippen molar-refractivity contribution in [2.24, 2.45) is 5.73 Å². The van der Waals surface area contributed by atoms with Crippen LogP contribution in [-0.4, -0.2) is 15.5 Å². The van der Waals surface area contributed by atoms with E-state index in [1.165, 1.54) is 12.8 Å². The van der Waals surface area contributed by atoms with Crippen LogP contribution >= 0.6 is 0 Å². The van der Waals surface area contributed by atoms with E-state index in [0.717, 1.165) is 36.1 Å². The topological polar surface area (TPSA) is 54.7 Å². The average molecular weight is 215 g/mol. The maximum absolute atomic E-state index is 6.35. The van der Waals surface area contributed by atoms with E-state index >= 15 is 0 Å². The number of fused-ring (bicyclic) bond motifs is 1. The fraction of sp³-hybridized carbons (Fsp3) is 0.462. The van der Waals surface area contributed by atoms with Gasteiger partial charge in [0.15, 0.2) is 0 Å². The number of para-hydroxylation sites is 2. The van der Waals surface area contributed by atoms with Gasteiger partial charge in [0.2, 0.25) is 0 Å². The molecule has 1 aliphatic carbocycles. The number of imidazole rings is 1. The summed E-state index contributed by atoms with van der Waals surface area (Å²) in [6, 6.07) is 8.13. The predicted octanol–water partition coefficient (Wildman–Crippen LogP) is 2.38. The lowest BCUT2D eigenvalue weighted by Crippen LogP contribution is -2.39. The zero-order valence-corrected chi connectivity index (χ0v) is 9.37. The molecule has 0 spiro atoms. The molecular weight excluding hydrogens is 198 g/mol. The molecule has 84 valence electrons. The van der Waals surface area contributed by atoms with Crippen LogP contribution in [0.4, 0.5) is 0 Å². The number of hydrogen-bond acceptors (Lipinski definition) is 2. The van der Waals surface area contributed by atoms with E-state index in [-0.39, 0.29) is 5.54 Å². The Labute approximate surface area is 95.1 Å².